The first-order chi connectivity index (χ1) is 14.7. The lowest BCUT2D eigenvalue weighted by atomic mass is 10.0. The first kappa shape index (κ1) is 18.5. The molecule has 11 nitrogen and oxygen atoms in total. The van der Waals surface area contributed by atoms with E-state index in [4.69, 9.17) is 4.42 Å². The molecule has 3 N–H and O–H groups in total. The van der Waals surface area contributed by atoms with Crippen LogP contribution in [-0.2, 0) is 0 Å². The maximum absolute atomic E-state index is 12.8. The number of rotatable bonds is 4. The number of hydrogen-bond donors (Lipinski definition) is 3. The van der Waals surface area contributed by atoms with Gasteiger partial charge in [-0.25, -0.2) is 9.36 Å². The van der Waals surface area contributed by atoms with E-state index >= 15 is 0 Å². The van der Waals surface area contributed by atoms with Crippen LogP contribution in [0.3, 0.4) is 0 Å². The number of fused-ring (bicyclic) bond motifs is 1. The number of piperazine rings is 1. The molecule has 5 rings (SSSR count). The third kappa shape index (κ3) is 3.33. The van der Waals surface area contributed by atoms with Gasteiger partial charge in [-0.15, -0.1) is 5.10 Å². The summed E-state index contributed by atoms with van der Waals surface area (Å²) < 4.78 is 6.77. The second-order valence-electron chi connectivity index (χ2n) is 7.09. The summed E-state index contributed by atoms with van der Waals surface area (Å²) in [6.45, 7) is 3.55. The van der Waals surface area contributed by atoms with E-state index in [0.29, 0.717) is 11.0 Å². The average Bonchev–Trinajstić information content (AvgIpc) is 3.38. The molecule has 0 bridgehead atoms. The molecule has 0 saturated carbocycles. The summed E-state index contributed by atoms with van der Waals surface area (Å²) in [5, 5.41) is 13.9. The molecular formula is C19H20N8O3. The highest BCUT2D eigenvalue weighted by atomic mass is 16.4. The van der Waals surface area contributed by atoms with Gasteiger partial charge < -0.3 is 20.0 Å². The number of H-pyrrole nitrogens is 1. The van der Waals surface area contributed by atoms with Gasteiger partial charge in [-0.2, -0.15) is 0 Å². The van der Waals surface area contributed by atoms with Crippen LogP contribution in [0, 0.1) is 0 Å². The van der Waals surface area contributed by atoms with E-state index in [1.807, 2.05) is 12.1 Å². The number of nitrogens with one attached hydrogen (secondary N) is 3. The molecule has 2 unspecified atom stereocenters. The van der Waals surface area contributed by atoms with Crippen LogP contribution in [0.5, 0.6) is 0 Å². The molecular weight excluding hydrogens is 388 g/mol. The summed E-state index contributed by atoms with van der Waals surface area (Å²) in [6.07, 6.45) is 5.41. The van der Waals surface area contributed by atoms with Crippen LogP contribution < -0.4 is 16.3 Å². The molecule has 2 aliphatic rings. The fraction of sp³-hybridized carbons (Fsp3) is 0.316. The number of para-hydroxylation sites is 2. The van der Waals surface area contributed by atoms with Gasteiger partial charge in [0.25, 0.3) is 0 Å². The van der Waals surface area contributed by atoms with Crippen LogP contribution in [0.1, 0.15) is 10.7 Å². The van der Waals surface area contributed by atoms with Gasteiger partial charge in [0.05, 0.1) is 23.1 Å². The van der Waals surface area contributed by atoms with Gasteiger partial charge in [-0.1, -0.05) is 17.2 Å². The summed E-state index contributed by atoms with van der Waals surface area (Å²) in [6, 6.07) is 6.72. The van der Waals surface area contributed by atoms with Crippen molar-refractivity contribution in [1.29, 1.82) is 0 Å². The summed E-state index contributed by atoms with van der Waals surface area (Å²) in [5.41, 5.74) is 0.798. The van der Waals surface area contributed by atoms with Crippen LogP contribution >= 0.6 is 0 Å². The first-order valence-corrected chi connectivity index (χ1v) is 9.70. The summed E-state index contributed by atoms with van der Waals surface area (Å²) in [7, 11) is 0. The maximum atomic E-state index is 12.8. The molecule has 1 fully saturated rings. The zero-order chi connectivity index (χ0) is 20.5. The number of aromatic nitrogens is 4. The van der Waals surface area contributed by atoms with Crippen LogP contribution in [0.25, 0.3) is 17.0 Å². The number of benzene rings is 1. The van der Waals surface area contributed by atoms with Gasteiger partial charge in [0.2, 0.25) is 0 Å². The van der Waals surface area contributed by atoms with E-state index in [1.54, 1.807) is 30.6 Å². The molecule has 3 aromatic rings. The Bertz CT molecular complexity index is 1180. The van der Waals surface area contributed by atoms with E-state index in [9.17, 15) is 9.59 Å². The average molecular weight is 408 g/mol. The first-order valence-electron chi connectivity index (χ1n) is 9.70. The van der Waals surface area contributed by atoms with Gasteiger partial charge in [0, 0.05) is 38.6 Å². The summed E-state index contributed by atoms with van der Waals surface area (Å²) in [4.78, 5) is 34.2. The quantitative estimate of drug-likeness (QED) is 0.538. The molecule has 1 aromatic carbocycles. The Morgan fingerprint density at radius 3 is 2.90 bits per heavy atom. The predicted molar refractivity (Wildman–Crippen MR) is 109 cm³/mol. The molecule has 11 heteroatoms. The molecule has 4 heterocycles. The van der Waals surface area contributed by atoms with Crippen LogP contribution in [-0.4, -0.2) is 75.0 Å². The number of carbonyl (C=O) groups excluding carboxylic acids is 1. The monoisotopic (exact) mass is 408 g/mol. The minimum absolute atomic E-state index is 0.00724. The Balaban J connectivity index is 1.36. The van der Waals surface area contributed by atoms with Crippen molar-refractivity contribution in [3.63, 3.8) is 0 Å². The second kappa shape index (κ2) is 7.69. The summed E-state index contributed by atoms with van der Waals surface area (Å²) in [5.74, 6) is -0.738. The van der Waals surface area contributed by atoms with Crippen LogP contribution in [0.4, 0.5) is 0 Å². The highest BCUT2D eigenvalue weighted by molar-refractivity contribution is 5.92. The minimum atomic E-state index is -0.520. The minimum Gasteiger partial charge on any atom is -0.398 e. The topological polar surface area (TPSA) is 133 Å². The molecule has 2 aliphatic heterocycles. The fourth-order valence-electron chi connectivity index (χ4n) is 3.80. The Morgan fingerprint density at radius 2 is 2.03 bits per heavy atom. The van der Waals surface area contributed by atoms with Crippen molar-refractivity contribution >= 4 is 23.2 Å². The van der Waals surface area contributed by atoms with Crippen LogP contribution in [0.2, 0.25) is 0 Å². The Hall–Kier alpha value is -3.57. The van der Waals surface area contributed by atoms with Crippen molar-refractivity contribution in [3.05, 3.63) is 52.9 Å². The van der Waals surface area contributed by atoms with Gasteiger partial charge in [-0.3, -0.25) is 14.7 Å². The smallest absolute Gasteiger partial charge is 0.334 e. The predicted octanol–water partition coefficient (Wildman–Crippen LogP) is -0.328. The van der Waals surface area contributed by atoms with Gasteiger partial charge in [0.1, 0.15) is 0 Å². The number of carbonyl (C=O) groups is 1. The third-order valence-electron chi connectivity index (χ3n) is 5.24. The number of hydrogen-bond acceptors (Lipinski definition) is 8. The van der Waals surface area contributed by atoms with Crippen molar-refractivity contribution in [2.75, 3.05) is 26.2 Å². The maximum Gasteiger partial charge on any atom is 0.334 e. The second-order valence-corrected chi connectivity index (χ2v) is 7.09. The number of nitrogens with zero attached hydrogens (tertiary/aromatic N) is 5. The van der Waals surface area contributed by atoms with Crippen LogP contribution in [0.15, 0.2) is 50.7 Å². The Labute approximate surface area is 170 Å². The molecule has 1 amide bonds. The van der Waals surface area contributed by atoms with E-state index in [-0.39, 0.29) is 24.0 Å². The molecule has 0 radical (unpaired) electrons. The lowest BCUT2D eigenvalue weighted by Crippen LogP contribution is -2.57. The molecule has 2 atom stereocenters. The number of aromatic amines is 1. The molecule has 0 spiro atoms. The van der Waals surface area contributed by atoms with Crippen molar-refractivity contribution < 1.29 is 9.21 Å². The van der Waals surface area contributed by atoms with Crippen molar-refractivity contribution in [1.82, 2.24) is 35.3 Å². The van der Waals surface area contributed by atoms with Crippen molar-refractivity contribution in [2.45, 2.75) is 12.1 Å². The molecule has 1 saturated heterocycles. The summed E-state index contributed by atoms with van der Waals surface area (Å²) >= 11 is 0. The van der Waals surface area contributed by atoms with Gasteiger partial charge in [-0.05, 0) is 18.2 Å². The molecule has 0 aliphatic carbocycles. The van der Waals surface area contributed by atoms with Crippen molar-refractivity contribution in [3.8, 4) is 6.01 Å². The Morgan fingerprint density at radius 1 is 1.20 bits per heavy atom. The number of amides is 1. The number of aliphatic imine (C=N–C) groups is 1. The highest BCUT2D eigenvalue weighted by Gasteiger charge is 2.30. The van der Waals surface area contributed by atoms with E-state index < -0.39 is 11.6 Å². The van der Waals surface area contributed by atoms with E-state index in [0.717, 1.165) is 26.2 Å². The third-order valence-corrected chi connectivity index (χ3v) is 5.24. The van der Waals surface area contributed by atoms with E-state index in [2.05, 4.69) is 35.7 Å². The highest BCUT2D eigenvalue weighted by Crippen LogP contribution is 2.15. The lowest BCUT2D eigenvalue weighted by molar-refractivity contribution is 0.0889. The zero-order valence-electron chi connectivity index (χ0n) is 16.0. The molecule has 154 valence electrons. The lowest BCUT2D eigenvalue weighted by Gasteiger charge is -2.37. The van der Waals surface area contributed by atoms with Crippen molar-refractivity contribution in [2.24, 2.45) is 4.99 Å². The Kier molecular flexibility index (Phi) is 4.73. The fourth-order valence-corrected chi connectivity index (χ4v) is 3.80. The SMILES string of the molecule is O=C(NC1C=NC=CC1N1CCNCC1)c1nnc(-n2c(=O)[nH]c3ccccc32)o1. The molecule has 30 heavy (non-hydrogen) atoms. The van der Waals surface area contributed by atoms with Gasteiger partial charge >= 0.3 is 23.5 Å². The van der Waals surface area contributed by atoms with E-state index in [1.165, 1.54) is 4.57 Å². The van der Waals surface area contributed by atoms with Gasteiger partial charge in [0.15, 0.2) is 0 Å². The normalized spacial score (nSPS) is 21.9. The molecule has 2 aromatic heterocycles. The largest absolute Gasteiger partial charge is 0.398 e. The zero-order valence-corrected chi connectivity index (χ0v) is 16.0. The number of imidazole rings is 1. The standard InChI is InChI=1S/C19H20N8O3/c28-16(22-13-11-21-6-5-14(13)26-9-7-20-8-10-26)17-24-25-19(30-17)27-15-4-2-1-3-12(15)23-18(27)29/h1-6,11,13-14,20H,7-10H2,(H,22,28)(H,23,29).